The second-order valence-corrected chi connectivity index (χ2v) is 8.93. The van der Waals surface area contributed by atoms with E-state index < -0.39 is 28.5 Å². The number of amides is 1. The standard InChI is InChI=1S/C19H21ClN2O7S/c1-12-9-15(13(2)29-12)19(24)28-11-18(23)21-14-3-4-16(20)17(10-14)30(25,26)22-5-7-27-8-6-22/h3-4,9-10H,5-8,11H2,1-2H3,(H,21,23). The Hall–Kier alpha value is -2.40. The van der Waals surface area contributed by atoms with E-state index in [1.165, 1.54) is 28.6 Å². The molecule has 30 heavy (non-hydrogen) atoms. The summed E-state index contributed by atoms with van der Waals surface area (Å²) in [6, 6.07) is 5.64. The first-order valence-corrected chi connectivity index (χ1v) is 10.9. The first kappa shape index (κ1) is 22.3. The van der Waals surface area contributed by atoms with Crippen LogP contribution in [0.15, 0.2) is 33.6 Å². The van der Waals surface area contributed by atoms with Gasteiger partial charge in [-0.25, -0.2) is 13.2 Å². The molecule has 162 valence electrons. The average molecular weight is 457 g/mol. The van der Waals surface area contributed by atoms with E-state index in [4.69, 9.17) is 25.5 Å². The number of ether oxygens (including phenoxy) is 2. The maximum atomic E-state index is 12.8. The van der Waals surface area contributed by atoms with E-state index in [2.05, 4.69) is 5.32 Å². The van der Waals surface area contributed by atoms with E-state index in [9.17, 15) is 18.0 Å². The van der Waals surface area contributed by atoms with Crippen molar-refractivity contribution in [1.29, 1.82) is 0 Å². The number of hydrogen-bond acceptors (Lipinski definition) is 7. The summed E-state index contributed by atoms with van der Waals surface area (Å²) in [4.78, 5) is 24.1. The molecule has 0 aliphatic carbocycles. The smallest absolute Gasteiger partial charge is 0.342 e. The zero-order valence-electron chi connectivity index (χ0n) is 16.4. The van der Waals surface area contributed by atoms with Crippen LogP contribution in [0, 0.1) is 13.8 Å². The minimum atomic E-state index is -3.84. The van der Waals surface area contributed by atoms with Crippen molar-refractivity contribution in [3.05, 3.63) is 46.4 Å². The number of carbonyl (C=O) groups is 2. The number of aryl methyl sites for hydroxylation is 2. The lowest BCUT2D eigenvalue weighted by Gasteiger charge is -2.26. The van der Waals surface area contributed by atoms with Crippen molar-refractivity contribution in [3.63, 3.8) is 0 Å². The van der Waals surface area contributed by atoms with Crippen molar-refractivity contribution in [2.24, 2.45) is 0 Å². The molecular formula is C19H21ClN2O7S. The van der Waals surface area contributed by atoms with Gasteiger partial charge in [-0.15, -0.1) is 0 Å². The topological polar surface area (TPSA) is 115 Å². The van der Waals surface area contributed by atoms with E-state index in [-0.39, 0.29) is 34.3 Å². The van der Waals surface area contributed by atoms with Gasteiger partial charge >= 0.3 is 5.97 Å². The quantitative estimate of drug-likeness (QED) is 0.663. The SMILES string of the molecule is Cc1cc(C(=O)OCC(=O)Nc2ccc(Cl)c(S(=O)(=O)N3CCOCC3)c2)c(C)o1. The Morgan fingerprint density at radius 2 is 1.90 bits per heavy atom. The molecule has 11 heteroatoms. The van der Waals surface area contributed by atoms with E-state index in [0.29, 0.717) is 24.7 Å². The molecule has 1 fully saturated rings. The third-order valence-electron chi connectivity index (χ3n) is 4.40. The molecule has 1 saturated heterocycles. The first-order chi connectivity index (χ1) is 14.2. The van der Waals surface area contributed by atoms with Crippen LogP contribution in [0.25, 0.3) is 0 Å². The number of hydrogen-bond donors (Lipinski definition) is 1. The molecule has 0 bridgehead atoms. The largest absolute Gasteiger partial charge is 0.466 e. The summed E-state index contributed by atoms with van der Waals surface area (Å²) in [6.07, 6.45) is 0. The molecule has 2 heterocycles. The van der Waals surface area contributed by atoms with Gasteiger partial charge in [0.15, 0.2) is 6.61 Å². The number of carbonyl (C=O) groups excluding carboxylic acids is 2. The molecule has 1 aromatic carbocycles. The molecule has 1 aliphatic heterocycles. The van der Waals surface area contributed by atoms with Crippen LogP contribution in [0.3, 0.4) is 0 Å². The highest BCUT2D eigenvalue weighted by atomic mass is 35.5. The number of benzene rings is 1. The number of rotatable bonds is 6. The zero-order chi connectivity index (χ0) is 21.9. The van der Waals surface area contributed by atoms with Crippen molar-refractivity contribution < 1.29 is 31.9 Å². The number of morpholine rings is 1. The van der Waals surface area contributed by atoms with Crippen molar-refractivity contribution in [3.8, 4) is 0 Å². The summed E-state index contributed by atoms with van der Waals surface area (Å²) < 4.78 is 42.4. The summed E-state index contributed by atoms with van der Waals surface area (Å²) in [5.41, 5.74) is 0.452. The maximum Gasteiger partial charge on any atom is 0.342 e. The second kappa shape index (κ2) is 9.17. The number of nitrogens with one attached hydrogen (secondary N) is 1. The Kier molecular flexibility index (Phi) is 6.81. The van der Waals surface area contributed by atoms with Gasteiger partial charge in [-0.1, -0.05) is 11.6 Å². The summed E-state index contributed by atoms with van der Waals surface area (Å²) in [5, 5.41) is 2.54. The fraction of sp³-hybridized carbons (Fsp3) is 0.368. The van der Waals surface area contributed by atoms with Gasteiger partial charge in [-0.05, 0) is 38.1 Å². The second-order valence-electron chi connectivity index (χ2n) is 6.61. The third kappa shape index (κ3) is 5.01. The fourth-order valence-corrected chi connectivity index (χ4v) is 4.85. The molecule has 0 unspecified atom stereocenters. The molecular weight excluding hydrogens is 436 g/mol. The van der Waals surface area contributed by atoms with Gasteiger partial charge < -0.3 is 19.2 Å². The van der Waals surface area contributed by atoms with Crippen LogP contribution in [-0.2, 0) is 24.3 Å². The van der Waals surface area contributed by atoms with Crippen molar-refractivity contribution in [2.75, 3.05) is 38.2 Å². The number of nitrogens with zero attached hydrogens (tertiary/aromatic N) is 1. The summed E-state index contributed by atoms with van der Waals surface area (Å²) in [5.74, 6) is -0.364. The van der Waals surface area contributed by atoms with Gasteiger partial charge in [0.05, 0.1) is 18.2 Å². The highest BCUT2D eigenvalue weighted by Crippen LogP contribution is 2.28. The highest BCUT2D eigenvalue weighted by molar-refractivity contribution is 7.89. The molecule has 1 amide bonds. The fourth-order valence-electron chi connectivity index (χ4n) is 2.94. The lowest BCUT2D eigenvalue weighted by Crippen LogP contribution is -2.40. The average Bonchev–Trinajstić information content (AvgIpc) is 3.06. The third-order valence-corrected chi connectivity index (χ3v) is 6.78. The van der Waals surface area contributed by atoms with Crippen molar-refractivity contribution in [1.82, 2.24) is 4.31 Å². The van der Waals surface area contributed by atoms with Crippen molar-refractivity contribution >= 4 is 39.2 Å². The normalized spacial score (nSPS) is 15.0. The van der Waals surface area contributed by atoms with Crippen LogP contribution in [-0.4, -0.2) is 57.5 Å². The number of furan rings is 1. The maximum absolute atomic E-state index is 12.8. The molecule has 0 radical (unpaired) electrons. The summed E-state index contributed by atoms with van der Waals surface area (Å²) in [6.45, 7) is 3.81. The molecule has 0 saturated carbocycles. The molecule has 0 atom stereocenters. The number of esters is 1. The van der Waals surface area contributed by atoms with Gasteiger partial charge in [0.2, 0.25) is 10.0 Å². The van der Waals surface area contributed by atoms with Gasteiger partial charge in [-0.3, -0.25) is 4.79 Å². The molecule has 2 aromatic rings. The Labute approximate surface area is 178 Å². The molecule has 3 rings (SSSR count). The number of sulfonamides is 1. The van der Waals surface area contributed by atoms with E-state index in [0.717, 1.165) is 0 Å². The Bertz CT molecular complexity index is 1060. The van der Waals surface area contributed by atoms with Crippen LogP contribution >= 0.6 is 11.6 Å². The van der Waals surface area contributed by atoms with E-state index in [1.807, 2.05) is 0 Å². The van der Waals surface area contributed by atoms with Crippen LogP contribution in [0.5, 0.6) is 0 Å². The van der Waals surface area contributed by atoms with Crippen LogP contribution in [0.1, 0.15) is 21.9 Å². The zero-order valence-corrected chi connectivity index (χ0v) is 18.0. The molecule has 1 N–H and O–H groups in total. The van der Waals surface area contributed by atoms with Crippen LogP contribution < -0.4 is 5.32 Å². The lowest BCUT2D eigenvalue weighted by molar-refractivity contribution is -0.119. The predicted octanol–water partition coefficient (Wildman–Crippen LogP) is 2.37. The predicted molar refractivity (Wildman–Crippen MR) is 108 cm³/mol. The van der Waals surface area contributed by atoms with E-state index >= 15 is 0 Å². The minimum absolute atomic E-state index is 0.0386. The van der Waals surface area contributed by atoms with Gasteiger partial charge in [0, 0.05) is 18.8 Å². The number of anilines is 1. The Balaban J connectivity index is 1.66. The molecule has 0 spiro atoms. The summed E-state index contributed by atoms with van der Waals surface area (Å²) in [7, 11) is -3.84. The molecule has 1 aromatic heterocycles. The monoisotopic (exact) mass is 456 g/mol. The van der Waals surface area contributed by atoms with Crippen LogP contribution in [0.2, 0.25) is 5.02 Å². The molecule has 1 aliphatic rings. The minimum Gasteiger partial charge on any atom is -0.466 e. The van der Waals surface area contributed by atoms with Gasteiger partial charge in [-0.2, -0.15) is 4.31 Å². The Morgan fingerprint density at radius 3 is 2.53 bits per heavy atom. The van der Waals surface area contributed by atoms with E-state index in [1.54, 1.807) is 13.8 Å². The molecule has 9 nitrogen and oxygen atoms in total. The Morgan fingerprint density at radius 1 is 1.20 bits per heavy atom. The van der Waals surface area contributed by atoms with Gasteiger partial charge in [0.1, 0.15) is 22.0 Å². The summed E-state index contributed by atoms with van der Waals surface area (Å²) >= 11 is 6.10. The highest BCUT2D eigenvalue weighted by Gasteiger charge is 2.28. The van der Waals surface area contributed by atoms with Crippen LogP contribution in [0.4, 0.5) is 5.69 Å². The van der Waals surface area contributed by atoms with Crippen molar-refractivity contribution in [2.45, 2.75) is 18.7 Å². The lowest BCUT2D eigenvalue weighted by atomic mass is 10.2. The first-order valence-electron chi connectivity index (χ1n) is 9.10. The number of halogens is 1. The van der Waals surface area contributed by atoms with Gasteiger partial charge in [0.25, 0.3) is 5.91 Å².